The van der Waals surface area contributed by atoms with E-state index in [1.165, 1.54) is 11.4 Å². The van der Waals surface area contributed by atoms with E-state index in [9.17, 15) is 0 Å². The third kappa shape index (κ3) is 7.41. The van der Waals surface area contributed by atoms with Crippen molar-refractivity contribution >= 4 is 57.2 Å². The molecule has 0 spiro atoms. The molecule has 1 unspecified atom stereocenters. The monoisotopic (exact) mass is 708 g/mol. The summed E-state index contributed by atoms with van der Waals surface area (Å²) in [6.45, 7) is 5.68. The summed E-state index contributed by atoms with van der Waals surface area (Å²) in [5.41, 5.74) is 4.20. The van der Waals surface area contributed by atoms with Crippen molar-refractivity contribution < 1.29 is 18.9 Å². The Morgan fingerprint density at radius 3 is 2.31 bits per heavy atom. The van der Waals surface area contributed by atoms with Crippen LogP contribution in [0.1, 0.15) is 5.56 Å². The predicted molar refractivity (Wildman–Crippen MR) is 192 cm³/mol. The van der Waals surface area contributed by atoms with Gasteiger partial charge in [-0.3, -0.25) is 0 Å². The molecule has 13 heteroatoms. The second kappa shape index (κ2) is 14.6. The number of thioether (sulfide) groups is 1. The molecular weight excluding hydrogens is 671 g/mol. The van der Waals surface area contributed by atoms with E-state index >= 15 is 0 Å². The molecule has 3 aliphatic rings. The lowest BCUT2D eigenvalue weighted by Crippen LogP contribution is -2.46. The van der Waals surface area contributed by atoms with Crippen LogP contribution >= 0.6 is 35.0 Å². The first-order valence-electron chi connectivity index (χ1n) is 15.9. The van der Waals surface area contributed by atoms with Gasteiger partial charge in [0.15, 0.2) is 5.17 Å². The summed E-state index contributed by atoms with van der Waals surface area (Å²) in [6.07, 6.45) is 5.02. The number of methoxy groups -OCH3 is 1. The van der Waals surface area contributed by atoms with Gasteiger partial charge in [0.05, 0.1) is 36.7 Å². The zero-order valence-corrected chi connectivity index (χ0v) is 29.2. The number of aromatic nitrogens is 2. The van der Waals surface area contributed by atoms with Gasteiger partial charge in [-0.15, -0.1) is 0 Å². The van der Waals surface area contributed by atoms with Crippen molar-refractivity contribution in [3.63, 3.8) is 0 Å². The summed E-state index contributed by atoms with van der Waals surface area (Å²) in [5, 5.41) is 2.02. The molecule has 10 nitrogen and oxygen atoms in total. The van der Waals surface area contributed by atoms with E-state index in [0.29, 0.717) is 35.4 Å². The van der Waals surface area contributed by atoms with Crippen LogP contribution in [0.15, 0.2) is 90.4 Å². The van der Waals surface area contributed by atoms with Crippen molar-refractivity contribution in [3.8, 4) is 5.75 Å². The van der Waals surface area contributed by atoms with Crippen LogP contribution in [0.5, 0.6) is 5.75 Å². The number of hydrogen-bond acceptors (Lipinski definition) is 9. The third-order valence-corrected chi connectivity index (χ3v) is 10.5. The standard InChI is InChI=1S/C35H38Cl2N6O4S/c1-40-20-33(44-2)48-34(40)39-26-4-6-27(7-5-26)42-15-17-43(18-16-42)28-8-10-29(11-9-28)45-21-30-22-46-35(47-30,23-41-14-13-38-24-41)31-12-3-25(36)19-32(31)37/h3-14,19,24,30,33H,15-18,20-23H2,1-2H3/t30-,33?,35-/m1/s1. The third-order valence-electron chi connectivity index (χ3n) is 8.76. The fourth-order valence-electron chi connectivity index (χ4n) is 6.17. The molecule has 48 heavy (non-hydrogen) atoms. The van der Waals surface area contributed by atoms with Crippen LogP contribution in [-0.2, 0) is 26.5 Å². The van der Waals surface area contributed by atoms with Crippen LogP contribution in [0.2, 0.25) is 10.0 Å². The molecule has 3 atom stereocenters. The Kier molecular flexibility index (Phi) is 10.0. The average molecular weight is 710 g/mol. The lowest BCUT2D eigenvalue weighted by Gasteiger charge is -2.37. The van der Waals surface area contributed by atoms with Crippen LogP contribution in [-0.4, -0.2) is 91.3 Å². The van der Waals surface area contributed by atoms with E-state index < -0.39 is 5.79 Å². The fourth-order valence-corrected chi connectivity index (χ4v) is 7.76. The van der Waals surface area contributed by atoms with Gasteiger partial charge >= 0.3 is 0 Å². The molecule has 3 aliphatic heterocycles. The second-order valence-electron chi connectivity index (χ2n) is 12.0. The number of halogens is 2. The highest BCUT2D eigenvalue weighted by molar-refractivity contribution is 8.14. The Balaban J connectivity index is 0.912. The van der Waals surface area contributed by atoms with E-state index in [1.807, 2.05) is 29.0 Å². The Bertz CT molecular complexity index is 1700. The number of hydrogen-bond donors (Lipinski definition) is 0. The number of benzene rings is 3. The molecule has 0 radical (unpaired) electrons. The topological polar surface area (TPSA) is 76.8 Å². The van der Waals surface area contributed by atoms with Crippen LogP contribution < -0.4 is 14.5 Å². The maximum absolute atomic E-state index is 6.60. The maximum atomic E-state index is 6.60. The van der Waals surface area contributed by atoms with E-state index in [1.54, 1.807) is 43.5 Å². The summed E-state index contributed by atoms with van der Waals surface area (Å²) >= 11 is 14.4. The first kappa shape index (κ1) is 33.1. The largest absolute Gasteiger partial charge is 0.491 e. The number of likely N-dealkylation sites (N-methyl/N-ethyl adjacent to an activating group) is 1. The number of aliphatic imine (C=N–C) groups is 1. The first-order valence-corrected chi connectivity index (χ1v) is 17.6. The average Bonchev–Trinajstić information content (AvgIpc) is 3.86. The number of rotatable bonds is 10. The highest BCUT2D eigenvalue weighted by Gasteiger charge is 2.45. The van der Waals surface area contributed by atoms with E-state index in [0.717, 1.165) is 49.3 Å². The summed E-state index contributed by atoms with van der Waals surface area (Å²) in [6, 6.07) is 22.1. The maximum Gasteiger partial charge on any atom is 0.215 e. The number of anilines is 2. The van der Waals surface area contributed by atoms with Gasteiger partial charge in [0.25, 0.3) is 0 Å². The van der Waals surface area contributed by atoms with Gasteiger partial charge in [0, 0.05) is 74.7 Å². The quantitative estimate of drug-likeness (QED) is 0.184. The molecule has 252 valence electrons. The van der Waals surface area contributed by atoms with Gasteiger partial charge in [0.1, 0.15) is 23.9 Å². The van der Waals surface area contributed by atoms with Crippen molar-refractivity contribution in [2.45, 2.75) is 23.9 Å². The highest BCUT2D eigenvalue weighted by atomic mass is 35.5. The van der Waals surface area contributed by atoms with Crippen LogP contribution in [0, 0.1) is 0 Å². The number of imidazole rings is 1. The van der Waals surface area contributed by atoms with E-state index in [2.05, 4.69) is 63.1 Å². The molecule has 0 saturated carbocycles. The molecule has 7 rings (SSSR count). The first-order chi connectivity index (χ1) is 23.4. The molecule has 3 aromatic carbocycles. The molecule has 3 saturated heterocycles. The number of piperazine rings is 1. The molecule has 0 amide bonds. The number of nitrogens with zero attached hydrogens (tertiary/aromatic N) is 6. The van der Waals surface area contributed by atoms with Crippen molar-refractivity contribution in [2.24, 2.45) is 4.99 Å². The minimum Gasteiger partial charge on any atom is -0.491 e. The molecule has 4 aromatic rings. The minimum atomic E-state index is -1.08. The molecule has 0 N–H and O–H groups in total. The SMILES string of the molecule is COC1CN(C)C(=Nc2ccc(N3CCN(c4ccc(OC[C@@H]5CO[C@@](Cn6ccnc6)(c6ccc(Cl)cc6Cl)O5)cc4)CC3)cc2)S1. The van der Waals surface area contributed by atoms with Crippen LogP contribution in [0.4, 0.5) is 17.1 Å². The molecule has 0 bridgehead atoms. The summed E-state index contributed by atoms with van der Waals surface area (Å²) in [7, 11) is 3.79. The van der Waals surface area contributed by atoms with Crippen LogP contribution in [0.25, 0.3) is 0 Å². The minimum absolute atomic E-state index is 0.136. The zero-order valence-electron chi connectivity index (χ0n) is 26.9. The lowest BCUT2D eigenvalue weighted by molar-refractivity contribution is -0.189. The molecule has 3 fully saturated rings. The van der Waals surface area contributed by atoms with Crippen molar-refractivity contribution in [1.82, 2.24) is 14.5 Å². The van der Waals surface area contributed by atoms with E-state index in [4.69, 9.17) is 47.1 Å². The van der Waals surface area contributed by atoms with Crippen molar-refractivity contribution in [2.75, 3.05) is 69.9 Å². The number of ether oxygens (including phenoxy) is 4. The summed E-state index contributed by atoms with van der Waals surface area (Å²) < 4.78 is 26.4. The van der Waals surface area contributed by atoms with Gasteiger partial charge in [-0.2, -0.15) is 0 Å². The summed E-state index contributed by atoms with van der Waals surface area (Å²) in [4.78, 5) is 16.0. The lowest BCUT2D eigenvalue weighted by atomic mass is 10.1. The number of amidine groups is 1. The van der Waals surface area contributed by atoms with Gasteiger partial charge in [0.2, 0.25) is 5.79 Å². The normalized spacial score (nSPS) is 23.8. The molecular formula is C35H38Cl2N6O4S. The smallest absolute Gasteiger partial charge is 0.215 e. The Labute approximate surface area is 295 Å². The van der Waals surface area contributed by atoms with Crippen molar-refractivity contribution in [3.05, 3.63) is 101 Å². The molecule has 0 aliphatic carbocycles. The van der Waals surface area contributed by atoms with Gasteiger partial charge in [-0.05, 0) is 60.7 Å². The van der Waals surface area contributed by atoms with Crippen LogP contribution in [0.3, 0.4) is 0 Å². The molecule has 1 aromatic heterocycles. The predicted octanol–water partition coefficient (Wildman–Crippen LogP) is 6.50. The fraction of sp³-hybridized carbons (Fsp3) is 0.371. The zero-order chi connectivity index (χ0) is 33.1. The van der Waals surface area contributed by atoms with Gasteiger partial charge in [-0.1, -0.05) is 41.0 Å². The second-order valence-corrected chi connectivity index (χ2v) is 14.0. The Hall–Kier alpha value is -3.45. The van der Waals surface area contributed by atoms with Gasteiger partial charge < -0.3 is 38.2 Å². The van der Waals surface area contributed by atoms with Gasteiger partial charge in [-0.25, -0.2) is 9.98 Å². The van der Waals surface area contributed by atoms with E-state index in [-0.39, 0.29) is 11.5 Å². The molecule has 4 heterocycles. The Morgan fingerprint density at radius 1 is 0.979 bits per heavy atom. The Morgan fingerprint density at radius 2 is 1.69 bits per heavy atom. The summed E-state index contributed by atoms with van der Waals surface area (Å²) in [5.74, 6) is -0.306. The highest BCUT2D eigenvalue weighted by Crippen LogP contribution is 2.41. The van der Waals surface area contributed by atoms with Crippen molar-refractivity contribution in [1.29, 1.82) is 0 Å².